The summed E-state index contributed by atoms with van der Waals surface area (Å²) >= 11 is 0. The van der Waals surface area contributed by atoms with E-state index in [0.29, 0.717) is 30.9 Å². The van der Waals surface area contributed by atoms with Crippen molar-refractivity contribution in [2.24, 2.45) is 4.99 Å². The smallest absolute Gasteiger partial charge is 0.227 e. The van der Waals surface area contributed by atoms with Gasteiger partial charge in [-0.1, -0.05) is 6.07 Å². The number of amides is 1. The predicted molar refractivity (Wildman–Crippen MR) is 129 cm³/mol. The molecule has 0 saturated carbocycles. The molecule has 1 rings (SSSR count). The number of carbonyl (C=O) groups excluding carboxylic acids is 1. The van der Waals surface area contributed by atoms with E-state index in [0.717, 1.165) is 31.0 Å². The topological polar surface area (TPSA) is 81.7 Å². The van der Waals surface area contributed by atoms with Gasteiger partial charge in [0.1, 0.15) is 5.82 Å². The maximum atomic E-state index is 12.0. The van der Waals surface area contributed by atoms with Crippen molar-refractivity contribution in [2.45, 2.75) is 59.5 Å². The average molecular weight is 504 g/mol. The molecule has 0 bridgehead atoms. The second-order valence-corrected chi connectivity index (χ2v) is 7.22. The van der Waals surface area contributed by atoms with Gasteiger partial charge >= 0.3 is 0 Å². The number of halogens is 1. The molecule has 0 aliphatic heterocycles. The van der Waals surface area contributed by atoms with Gasteiger partial charge in [0.2, 0.25) is 5.91 Å². The maximum absolute atomic E-state index is 12.0. The number of nitrogens with zero attached hydrogens (tertiary/aromatic N) is 3. The molecule has 1 amide bonds. The van der Waals surface area contributed by atoms with Crippen LogP contribution < -0.4 is 16.0 Å². The molecule has 0 aliphatic carbocycles. The van der Waals surface area contributed by atoms with E-state index in [1.54, 1.807) is 19.3 Å². The van der Waals surface area contributed by atoms with Gasteiger partial charge in [-0.05, 0) is 52.7 Å². The van der Waals surface area contributed by atoms with Gasteiger partial charge in [0.05, 0.1) is 0 Å². The van der Waals surface area contributed by atoms with Gasteiger partial charge in [-0.25, -0.2) is 4.98 Å². The molecule has 8 heteroatoms. The van der Waals surface area contributed by atoms with Gasteiger partial charge in [0, 0.05) is 51.4 Å². The molecule has 3 N–H and O–H groups in total. The summed E-state index contributed by atoms with van der Waals surface area (Å²) in [5, 5.41) is 9.26. The molecule has 0 radical (unpaired) electrons. The SMILES string of the molecule is CN=C(NCCCN(C(C)C)C(C)C)NCCC(=O)Nc1ccc(C)cn1.I. The van der Waals surface area contributed by atoms with Crippen LogP contribution in [0.1, 0.15) is 46.1 Å². The molecule has 0 fully saturated rings. The van der Waals surface area contributed by atoms with Crippen LogP contribution in [0.15, 0.2) is 23.3 Å². The Kier molecular flexibility index (Phi) is 13.8. The van der Waals surface area contributed by atoms with Crippen LogP contribution in [0, 0.1) is 6.92 Å². The molecule has 0 saturated heterocycles. The lowest BCUT2D eigenvalue weighted by atomic mass is 10.2. The van der Waals surface area contributed by atoms with Crippen LogP contribution in [0.4, 0.5) is 5.82 Å². The number of anilines is 1. The van der Waals surface area contributed by atoms with Gasteiger partial charge in [0.15, 0.2) is 5.96 Å². The first-order valence-corrected chi connectivity index (χ1v) is 9.76. The molecule has 1 aromatic heterocycles. The third-order valence-corrected chi connectivity index (χ3v) is 4.26. The van der Waals surface area contributed by atoms with E-state index in [9.17, 15) is 4.79 Å². The molecule has 160 valence electrons. The van der Waals surface area contributed by atoms with Crippen LogP contribution in [0.5, 0.6) is 0 Å². The summed E-state index contributed by atoms with van der Waals surface area (Å²) in [7, 11) is 1.74. The number of nitrogens with one attached hydrogen (secondary N) is 3. The first-order chi connectivity index (χ1) is 12.8. The first kappa shape index (κ1) is 26.6. The van der Waals surface area contributed by atoms with Crippen LogP contribution >= 0.6 is 24.0 Å². The number of aryl methyl sites for hydroxylation is 1. The van der Waals surface area contributed by atoms with E-state index in [4.69, 9.17) is 0 Å². The van der Waals surface area contributed by atoms with Crippen molar-refractivity contribution in [3.8, 4) is 0 Å². The van der Waals surface area contributed by atoms with Crippen molar-refractivity contribution in [2.75, 3.05) is 32.0 Å². The van der Waals surface area contributed by atoms with Crippen molar-refractivity contribution in [3.63, 3.8) is 0 Å². The number of aromatic nitrogens is 1. The summed E-state index contributed by atoms with van der Waals surface area (Å²) in [6.07, 6.45) is 3.13. The predicted octanol–water partition coefficient (Wildman–Crippen LogP) is 3.01. The molecule has 0 aliphatic rings. The Labute approximate surface area is 187 Å². The second kappa shape index (κ2) is 14.6. The van der Waals surface area contributed by atoms with Gasteiger partial charge in [-0.3, -0.25) is 14.7 Å². The van der Waals surface area contributed by atoms with Crippen LogP contribution in [-0.2, 0) is 4.79 Å². The van der Waals surface area contributed by atoms with Gasteiger partial charge in [-0.15, -0.1) is 24.0 Å². The zero-order valence-electron chi connectivity index (χ0n) is 18.1. The standard InChI is InChI=1S/C20H36N6O.HI/c1-15(2)26(16(3)4)13-7-11-22-20(21-6)23-12-10-19(27)25-18-9-8-17(5)14-24-18;/h8-9,14-16H,7,10-13H2,1-6H3,(H2,21,22,23)(H,24,25,27);1H. The van der Waals surface area contributed by atoms with Crippen LogP contribution in [0.25, 0.3) is 0 Å². The Balaban J connectivity index is 0.00000729. The zero-order chi connectivity index (χ0) is 20.2. The van der Waals surface area contributed by atoms with E-state index in [-0.39, 0.29) is 29.9 Å². The Morgan fingerprint density at radius 3 is 2.32 bits per heavy atom. The van der Waals surface area contributed by atoms with Gasteiger partial charge < -0.3 is 16.0 Å². The largest absolute Gasteiger partial charge is 0.356 e. The van der Waals surface area contributed by atoms with Crippen molar-refractivity contribution < 1.29 is 4.79 Å². The lowest BCUT2D eigenvalue weighted by molar-refractivity contribution is -0.116. The lowest BCUT2D eigenvalue weighted by Crippen LogP contribution is -2.41. The summed E-state index contributed by atoms with van der Waals surface area (Å²) in [5.41, 5.74) is 1.06. The first-order valence-electron chi connectivity index (χ1n) is 9.76. The summed E-state index contributed by atoms with van der Waals surface area (Å²) in [6, 6.07) is 4.82. The minimum Gasteiger partial charge on any atom is -0.356 e. The van der Waals surface area contributed by atoms with E-state index < -0.39 is 0 Å². The van der Waals surface area contributed by atoms with Crippen LogP contribution in [0.2, 0.25) is 0 Å². The number of carbonyl (C=O) groups is 1. The highest BCUT2D eigenvalue weighted by Gasteiger charge is 2.12. The normalized spacial score (nSPS) is 11.5. The summed E-state index contributed by atoms with van der Waals surface area (Å²) < 4.78 is 0. The van der Waals surface area contributed by atoms with E-state index >= 15 is 0 Å². The summed E-state index contributed by atoms with van der Waals surface area (Å²) in [4.78, 5) is 22.8. The maximum Gasteiger partial charge on any atom is 0.227 e. The third-order valence-electron chi connectivity index (χ3n) is 4.26. The fraction of sp³-hybridized carbons (Fsp3) is 0.650. The monoisotopic (exact) mass is 504 g/mol. The van der Waals surface area contributed by atoms with Gasteiger partial charge in [0.25, 0.3) is 0 Å². The molecule has 28 heavy (non-hydrogen) atoms. The summed E-state index contributed by atoms with van der Waals surface area (Å²) in [6.45, 7) is 13.3. The molecular weight excluding hydrogens is 467 g/mol. The van der Waals surface area contributed by atoms with E-state index in [2.05, 4.69) is 58.5 Å². The quantitative estimate of drug-likeness (QED) is 0.198. The Bertz CT molecular complexity index is 581. The molecular formula is C20H37IN6O. The number of guanidine groups is 1. The number of rotatable bonds is 10. The van der Waals surface area contributed by atoms with Crippen molar-refractivity contribution in [1.82, 2.24) is 20.5 Å². The number of hydrogen-bond acceptors (Lipinski definition) is 4. The third kappa shape index (κ3) is 10.8. The fourth-order valence-corrected chi connectivity index (χ4v) is 2.84. The fourth-order valence-electron chi connectivity index (χ4n) is 2.84. The molecule has 7 nitrogen and oxygen atoms in total. The molecule has 0 atom stereocenters. The van der Waals surface area contributed by atoms with E-state index in [1.165, 1.54) is 0 Å². The van der Waals surface area contributed by atoms with Crippen LogP contribution in [0.3, 0.4) is 0 Å². The number of pyridine rings is 1. The van der Waals surface area contributed by atoms with Crippen molar-refractivity contribution in [1.29, 1.82) is 0 Å². The Hall–Kier alpha value is -1.42. The molecule has 1 aromatic rings. The minimum absolute atomic E-state index is 0. The lowest BCUT2D eigenvalue weighted by Gasteiger charge is -2.30. The second-order valence-electron chi connectivity index (χ2n) is 7.22. The van der Waals surface area contributed by atoms with Crippen molar-refractivity contribution in [3.05, 3.63) is 23.9 Å². The number of aliphatic imine (C=N–C) groups is 1. The zero-order valence-corrected chi connectivity index (χ0v) is 20.4. The van der Waals surface area contributed by atoms with E-state index in [1.807, 2.05) is 13.0 Å². The van der Waals surface area contributed by atoms with Gasteiger partial charge in [-0.2, -0.15) is 0 Å². The van der Waals surface area contributed by atoms with Crippen LogP contribution in [-0.4, -0.2) is 60.5 Å². The molecule has 0 aromatic carbocycles. The minimum atomic E-state index is -0.0705. The molecule has 0 spiro atoms. The summed E-state index contributed by atoms with van der Waals surface area (Å²) in [5.74, 6) is 1.23. The molecule has 0 unspecified atom stereocenters. The Morgan fingerprint density at radius 2 is 1.79 bits per heavy atom. The Morgan fingerprint density at radius 1 is 1.14 bits per heavy atom. The highest BCUT2D eigenvalue weighted by Crippen LogP contribution is 2.05. The highest BCUT2D eigenvalue weighted by molar-refractivity contribution is 14.0. The van der Waals surface area contributed by atoms with Crippen molar-refractivity contribution >= 4 is 41.7 Å². The molecule has 1 heterocycles. The number of hydrogen-bond donors (Lipinski definition) is 3. The average Bonchev–Trinajstić information content (AvgIpc) is 2.61. The highest BCUT2D eigenvalue weighted by atomic mass is 127.